The number of nitrogens with two attached hydrogens (primary N) is 1. The highest BCUT2D eigenvalue weighted by Gasteiger charge is 2.26. The monoisotopic (exact) mass is 227 g/mol. The fourth-order valence-electron chi connectivity index (χ4n) is 2.22. The van der Waals surface area contributed by atoms with E-state index in [1.807, 2.05) is 0 Å². The molecule has 1 aliphatic carbocycles. The third-order valence-corrected chi connectivity index (χ3v) is 3.70. The molecule has 0 aromatic rings. The van der Waals surface area contributed by atoms with Crippen LogP contribution in [0, 0.1) is 0 Å². The topological polar surface area (TPSA) is 70.6 Å². The number of hydrogen-bond acceptors (Lipinski definition) is 2. The largest absolute Gasteiger partial charge is 0.394 e. The van der Waals surface area contributed by atoms with Crippen molar-refractivity contribution in [2.75, 3.05) is 6.61 Å². The molecule has 1 fully saturated rings. The minimum atomic E-state index is -0.299. The van der Waals surface area contributed by atoms with Crippen LogP contribution in [0.15, 0.2) is 4.99 Å². The van der Waals surface area contributed by atoms with E-state index in [1.165, 1.54) is 12.8 Å². The Hall–Kier alpha value is -0.770. The molecule has 4 N–H and O–H groups in total. The highest BCUT2D eigenvalue weighted by atomic mass is 16.3. The molecule has 0 unspecified atom stereocenters. The molecule has 16 heavy (non-hydrogen) atoms. The van der Waals surface area contributed by atoms with Gasteiger partial charge in [0, 0.05) is 0 Å². The molecule has 4 nitrogen and oxygen atoms in total. The van der Waals surface area contributed by atoms with Crippen LogP contribution in [0.2, 0.25) is 0 Å². The summed E-state index contributed by atoms with van der Waals surface area (Å²) >= 11 is 0. The second kappa shape index (κ2) is 6.09. The van der Waals surface area contributed by atoms with Crippen molar-refractivity contribution in [2.45, 2.75) is 64.0 Å². The summed E-state index contributed by atoms with van der Waals surface area (Å²) in [5, 5.41) is 12.6. The number of guanidine groups is 1. The predicted octanol–water partition coefficient (Wildman–Crippen LogP) is 1.38. The van der Waals surface area contributed by atoms with Crippen molar-refractivity contribution in [3.05, 3.63) is 0 Å². The number of rotatable bonds is 5. The van der Waals surface area contributed by atoms with E-state index in [1.54, 1.807) is 0 Å². The Bertz CT molecular complexity index is 222. The van der Waals surface area contributed by atoms with Gasteiger partial charge in [0.05, 0.1) is 18.2 Å². The Balaban J connectivity index is 2.56. The van der Waals surface area contributed by atoms with Crippen molar-refractivity contribution in [1.82, 2.24) is 5.32 Å². The van der Waals surface area contributed by atoms with Crippen LogP contribution in [-0.2, 0) is 0 Å². The first-order chi connectivity index (χ1) is 7.65. The SMILES string of the molecule is CCC(CC)(CO)NC(N)=NC1CCCC1. The summed E-state index contributed by atoms with van der Waals surface area (Å²) in [5.41, 5.74) is 5.59. The van der Waals surface area contributed by atoms with Crippen molar-refractivity contribution < 1.29 is 5.11 Å². The molecule has 0 aromatic carbocycles. The Kier molecular flexibility index (Phi) is 5.06. The van der Waals surface area contributed by atoms with Gasteiger partial charge >= 0.3 is 0 Å². The lowest BCUT2D eigenvalue weighted by Gasteiger charge is -2.31. The molecule has 0 atom stereocenters. The van der Waals surface area contributed by atoms with Crippen LogP contribution in [0.25, 0.3) is 0 Å². The first-order valence-electron chi connectivity index (χ1n) is 6.38. The molecule has 4 heteroatoms. The zero-order valence-corrected chi connectivity index (χ0v) is 10.5. The van der Waals surface area contributed by atoms with Crippen LogP contribution >= 0.6 is 0 Å². The van der Waals surface area contributed by atoms with E-state index >= 15 is 0 Å². The van der Waals surface area contributed by atoms with Gasteiger partial charge in [0.25, 0.3) is 0 Å². The van der Waals surface area contributed by atoms with Gasteiger partial charge in [-0.05, 0) is 25.7 Å². The van der Waals surface area contributed by atoms with Gasteiger partial charge in [-0.2, -0.15) is 0 Å². The molecule has 0 saturated heterocycles. The molecule has 0 aromatic heterocycles. The first-order valence-corrected chi connectivity index (χ1v) is 6.38. The number of nitrogens with zero attached hydrogens (tertiary/aromatic N) is 1. The lowest BCUT2D eigenvalue weighted by molar-refractivity contribution is 0.169. The van der Waals surface area contributed by atoms with E-state index in [0.29, 0.717) is 12.0 Å². The summed E-state index contributed by atoms with van der Waals surface area (Å²) in [7, 11) is 0. The summed E-state index contributed by atoms with van der Waals surface area (Å²) in [4.78, 5) is 4.48. The number of nitrogens with one attached hydrogen (secondary N) is 1. The maximum absolute atomic E-state index is 9.41. The summed E-state index contributed by atoms with van der Waals surface area (Å²) in [6.07, 6.45) is 6.50. The molecular weight excluding hydrogens is 202 g/mol. The van der Waals surface area contributed by atoms with Crippen LogP contribution in [0.3, 0.4) is 0 Å². The van der Waals surface area contributed by atoms with E-state index in [9.17, 15) is 5.11 Å². The van der Waals surface area contributed by atoms with Crippen LogP contribution < -0.4 is 11.1 Å². The van der Waals surface area contributed by atoms with Crippen molar-refractivity contribution in [3.8, 4) is 0 Å². The molecule has 0 radical (unpaired) electrons. The van der Waals surface area contributed by atoms with E-state index in [0.717, 1.165) is 25.7 Å². The Morgan fingerprint density at radius 1 is 1.38 bits per heavy atom. The normalized spacial score (nSPS) is 19.1. The van der Waals surface area contributed by atoms with Gasteiger partial charge in [-0.3, -0.25) is 4.99 Å². The van der Waals surface area contributed by atoms with Gasteiger partial charge in [0.1, 0.15) is 0 Å². The molecule has 1 saturated carbocycles. The second-order valence-electron chi connectivity index (χ2n) is 4.72. The second-order valence-corrected chi connectivity index (χ2v) is 4.72. The maximum Gasteiger partial charge on any atom is 0.189 e. The van der Waals surface area contributed by atoms with E-state index < -0.39 is 0 Å². The van der Waals surface area contributed by atoms with Crippen LogP contribution in [0.1, 0.15) is 52.4 Å². The van der Waals surface area contributed by atoms with E-state index in [4.69, 9.17) is 5.73 Å². The number of aliphatic hydroxyl groups is 1. The van der Waals surface area contributed by atoms with E-state index in [-0.39, 0.29) is 12.1 Å². The fraction of sp³-hybridized carbons (Fsp3) is 0.917. The molecule has 0 heterocycles. The Morgan fingerprint density at radius 3 is 2.38 bits per heavy atom. The summed E-state index contributed by atoms with van der Waals surface area (Å²) < 4.78 is 0. The van der Waals surface area contributed by atoms with Crippen molar-refractivity contribution in [2.24, 2.45) is 10.7 Å². The lowest BCUT2D eigenvalue weighted by atomic mass is 9.94. The average Bonchev–Trinajstić information content (AvgIpc) is 2.79. The molecule has 1 rings (SSSR count). The lowest BCUT2D eigenvalue weighted by Crippen LogP contribution is -2.53. The fourth-order valence-corrected chi connectivity index (χ4v) is 2.22. The van der Waals surface area contributed by atoms with Gasteiger partial charge in [0.2, 0.25) is 0 Å². The zero-order chi connectivity index (χ0) is 12.0. The minimum Gasteiger partial charge on any atom is -0.394 e. The van der Waals surface area contributed by atoms with Gasteiger partial charge in [-0.15, -0.1) is 0 Å². The maximum atomic E-state index is 9.41. The van der Waals surface area contributed by atoms with Gasteiger partial charge < -0.3 is 16.2 Å². The molecule has 94 valence electrons. The number of aliphatic imine (C=N–C) groups is 1. The molecule has 0 spiro atoms. The standard InChI is InChI=1S/C12H25N3O/c1-3-12(4-2,9-16)15-11(13)14-10-7-5-6-8-10/h10,16H,3-9H2,1-2H3,(H3,13,14,15). The molecule has 1 aliphatic rings. The third-order valence-electron chi connectivity index (χ3n) is 3.70. The van der Waals surface area contributed by atoms with Crippen molar-refractivity contribution in [3.63, 3.8) is 0 Å². The van der Waals surface area contributed by atoms with Gasteiger partial charge in [0.15, 0.2) is 5.96 Å². The number of aliphatic hydroxyl groups excluding tert-OH is 1. The highest BCUT2D eigenvalue weighted by Crippen LogP contribution is 2.21. The average molecular weight is 227 g/mol. The van der Waals surface area contributed by atoms with Crippen molar-refractivity contribution in [1.29, 1.82) is 0 Å². The van der Waals surface area contributed by atoms with Crippen LogP contribution in [-0.4, -0.2) is 29.3 Å². The predicted molar refractivity (Wildman–Crippen MR) is 67.4 cm³/mol. The molecule has 0 bridgehead atoms. The quantitative estimate of drug-likeness (QED) is 0.491. The van der Waals surface area contributed by atoms with E-state index in [2.05, 4.69) is 24.2 Å². The van der Waals surface area contributed by atoms with Crippen LogP contribution in [0.4, 0.5) is 0 Å². The molecular formula is C12H25N3O. The molecule has 0 aliphatic heterocycles. The summed E-state index contributed by atoms with van der Waals surface area (Å²) in [6.45, 7) is 4.20. The van der Waals surface area contributed by atoms with Crippen molar-refractivity contribution >= 4 is 5.96 Å². The minimum absolute atomic E-state index is 0.0981. The smallest absolute Gasteiger partial charge is 0.189 e. The molecule has 0 amide bonds. The van der Waals surface area contributed by atoms with Crippen LogP contribution in [0.5, 0.6) is 0 Å². The zero-order valence-electron chi connectivity index (χ0n) is 10.5. The van der Waals surface area contributed by atoms with Gasteiger partial charge in [-0.1, -0.05) is 26.7 Å². The summed E-state index contributed by atoms with van der Waals surface area (Å²) in [6, 6.07) is 0.387. The number of hydrogen-bond donors (Lipinski definition) is 3. The summed E-state index contributed by atoms with van der Waals surface area (Å²) in [5.74, 6) is 0.490. The first kappa shape index (κ1) is 13.3. The Morgan fingerprint density at radius 2 is 1.94 bits per heavy atom. The van der Waals surface area contributed by atoms with Gasteiger partial charge in [-0.25, -0.2) is 0 Å². The third kappa shape index (κ3) is 3.37. The highest BCUT2D eigenvalue weighted by molar-refractivity contribution is 5.78. The Labute approximate surface area is 98.3 Å².